The van der Waals surface area contributed by atoms with Crippen LogP contribution < -0.4 is 10.1 Å². The minimum absolute atomic E-state index is 0.292. The van der Waals surface area contributed by atoms with Crippen LogP contribution in [-0.2, 0) is 14.3 Å². The molecule has 0 aliphatic carbocycles. The fraction of sp³-hybridized carbons (Fsp3) is 0.263. The van der Waals surface area contributed by atoms with Gasteiger partial charge in [0.05, 0.1) is 10.7 Å². The molecule has 1 amide bonds. The van der Waals surface area contributed by atoms with Gasteiger partial charge in [0.2, 0.25) is 0 Å². The van der Waals surface area contributed by atoms with Gasteiger partial charge in [-0.25, -0.2) is 4.79 Å². The average molecular weight is 396 g/mol. The zero-order valence-corrected chi connectivity index (χ0v) is 16.1. The van der Waals surface area contributed by atoms with Crippen molar-refractivity contribution in [3.05, 3.63) is 57.6 Å². The van der Waals surface area contributed by atoms with Crippen LogP contribution in [0.4, 0.5) is 5.69 Å². The van der Waals surface area contributed by atoms with E-state index in [1.165, 1.54) is 13.0 Å². The van der Waals surface area contributed by atoms with Gasteiger partial charge in [0.15, 0.2) is 12.7 Å². The smallest absolute Gasteiger partial charge is 0.344 e. The first-order chi connectivity index (χ1) is 12.3. The van der Waals surface area contributed by atoms with E-state index in [2.05, 4.69) is 5.32 Å². The molecular formula is C19H19Cl2NO4. The predicted molar refractivity (Wildman–Crippen MR) is 102 cm³/mol. The highest BCUT2D eigenvalue weighted by molar-refractivity contribution is 6.35. The summed E-state index contributed by atoms with van der Waals surface area (Å²) in [5, 5.41) is 3.33. The van der Waals surface area contributed by atoms with Crippen LogP contribution in [0.1, 0.15) is 18.1 Å². The van der Waals surface area contributed by atoms with Crippen molar-refractivity contribution in [2.45, 2.75) is 26.9 Å². The van der Waals surface area contributed by atoms with Gasteiger partial charge in [0.25, 0.3) is 5.91 Å². The molecule has 0 aromatic heterocycles. The van der Waals surface area contributed by atoms with Crippen molar-refractivity contribution >= 4 is 40.8 Å². The highest BCUT2D eigenvalue weighted by Crippen LogP contribution is 2.25. The summed E-state index contributed by atoms with van der Waals surface area (Å²) < 4.78 is 10.6. The van der Waals surface area contributed by atoms with E-state index in [0.29, 0.717) is 21.5 Å². The lowest BCUT2D eigenvalue weighted by atomic mass is 10.1. The zero-order valence-electron chi connectivity index (χ0n) is 14.6. The van der Waals surface area contributed by atoms with Crippen LogP contribution in [0.2, 0.25) is 10.0 Å². The molecule has 0 unspecified atom stereocenters. The molecule has 0 saturated carbocycles. The zero-order chi connectivity index (χ0) is 19.3. The van der Waals surface area contributed by atoms with Crippen molar-refractivity contribution in [2.75, 3.05) is 11.9 Å². The van der Waals surface area contributed by atoms with Crippen molar-refractivity contribution in [3.8, 4) is 5.75 Å². The highest BCUT2D eigenvalue weighted by Gasteiger charge is 2.19. The van der Waals surface area contributed by atoms with Gasteiger partial charge in [-0.05, 0) is 56.2 Å². The molecule has 1 atom stereocenters. The number of ether oxygens (including phenoxy) is 2. The summed E-state index contributed by atoms with van der Waals surface area (Å²) in [6.07, 6.45) is -1.01. The maximum atomic E-state index is 12.2. The van der Waals surface area contributed by atoms with Crippen LogP contribution in [0.15, 0.2) is 36.4 Å². The first-order valence-corrected chi connectivity index (χ1v) is 8.68. The molecule has 26 heavy (non-hydrogen) atoms. The first-order valence-electron chi connectivity index (χ1n) is 7.92. The van der Waals surface area contributed by atoms with Crippen LogP contribution in [-0.4, -0.2) is 24.6 Å². The van der Waals surface area contributed by atoms with E-state index in [4.69, 9.17) is 32.7 Å². The number of hydrogen-bond donors (Lipinski definition) is 1. The molecule has 7 heteroatoms. The average Bonchev–Trinajstić information content (AvgIpc) is 2.59. The molecule has 0 saturated heterocycles. The van der Waals surface area contributed by atoms with E-state index < -0.39 is 18.0 Å². The second kappa shape index (κ2) is 8.92. The third-order valence-electron chi connectivity index (χ3n) is 3.76. The van der Waals surface area contributed by atoms with E-state index >= 15 is 0 Å². The summed E-state index contributed by atoms with van der Waals surface area (Å²) in [5.41, 5.74) is 2.35. The highest BCUT2D eigenvalue weighted by atomic mass is 35.5. The van der Waals surface area contributed by atoms with Crippen molar-refractivity contribution in [1.82, 2.24) is 0 Å². The lowest BCUT2D eigenvalue weighted by molar-refractivity contribution is -0.155. The Bertz CT molecular complexity index is 823. The number of rotatable bonds is 6. The molecule has 0 aliphatic heterocycles. The second-order valence-corrected chi connectivity index (χ2v) is 6.58. The Hall–Kier alpha value is -2.24. The van der Waals surface area contributed by atoms with E-state index in [9.17, 15) is 9.59 Å². The van der Waals surface area contributed by atoms with Gasteiger partial charge < -0.3 is 14.8 Å². The van der Waals surface area contributed by atoms with E-state index in [0.717, 1.165) is 11.1 Å². The van der Waals surface area contributed by atoms with Crippen LogP contribution >= 0.6 is 23.2 Å². The van der Waals surface area contributed by atoms with Crippen molar-refractivity contribution in [2.24, 2.45) is 0 Å². The number of aryl methyl sites for hydroxylation is 1. The first kappa shape index (κ1) is 20.1. The van der Waals surface area contributed by atoms with Crippen LogP contribution in [0.5, 0.6) is 5.75 Å². The lowest BCUT2D eigenvalue weighted by Crippen LogP contribution is -2.31. The quantitative estimate of drug-likeness (QED) is 0.728. The molecule has 2 aromatic carbocycles. The normalized spacial score (nSPS) is 11.6. The Labute approximate surface area is 162 Å². The lowest BCUT2D eigenvalue weighted by Gasteiger charge is -2.15. The maximum Gasteiger partial charge on any atom is 0.344 e. The number of esters is 1. The molecular weight excluding hydrogens is 377 g/mol. The Morgan fingerprint density at radius 1 is 1.15 bits per heavy atom. The molecule has 0 aliphatic rings. The number of benzene rings is 2. The minimum Gasteiger partial charge on any atom is -0.482 e. The number of halogens is 2. The molecule has 138 valence electrons. The molecule has 2 rings (SSSR count). The monoisotopic (exact) mass is 395 g/mol. The van der Waals surface area contributed by atoms with Gasteiger partial charge >= 0.3 is 5.97 Å². The number of carbonyl (C=O) groups excluding carboxylic acids is 2. The molecule has 0 bridgehead atoms. The fourth-order valence-electron chi connectivity index (χ4n) is 2.13. The van der Waals surface area contributed by atoms with Crippen molar-refractivity contribution in [1.29, 1.82) is 0 Å². The van der Waals surface area contributed by atoms with Crippen molar-refractivity contribution in [3.63, 3.8) is 0 Å². The molecule has 2 aromatic rings. The third kappa shape index (κ3) is 5.38. The molecule has 5 nitrogen and oxygen atoms in total. The van der Waals surface area contributed by atoms with Gasteiger partial charge in [-0.2, -0.15) is 0 Å². The Kier molecular flexibility index (Phi) is 6.89. The van der Waals surface area contributed by atoms with E-state index in [-0.39, 0.29) is 6.61 Å². The minimum atomic E-state index is -1.01. The number of carbonyl (C=O) groups is 2. The summed E-state index contributed by atoms with van der Waals surface area (Å²) >= 11 is 11.9. The predicted octanol–water partition coefficient (Wildman–Crippen LogP) is 4.56. The number of nitrogens with one attached hydrogen (secondary N) is 1. The summed E-state index contributed by atoms with van der Waals surface area (Å²) in [6, 6.07) is 10.2. The Balaban J connectivity index is 1.89. The Morgan fingerprint density at radius 2 is 1.88 bits per heavy atom. The number of anilines is 1. The standard InChI is InChI=1S/C19H19Cl2NO4/c1-11-5-4-6-17(12(11)2)25-10-18(23)26-13(3)19(24)22-16-9-14(20)7-8-15(16)21/h4-9,13H,10H2,1-3H3,(H,22,24)/t13-/m0/s1. The summed E-state index contributed by atoms with van der Waals surface area (Å²) in [5.74, 6) is -0.565. The molecule has 0 fully saturated rings. The fourth-order valence-corrected chi connectivity index (χ4v) is 2.47. The third-order valence-corrected chi connectivity index (χ3v) is 4.33. The summed E-state index contributed by atoms with van der Waals surface area (Å²) in [4.78, 5) is 24.1. The van der Waals surface area contributed by atoms with Crippen molar-refractivity contribution < 1.29 is 19.1 Å². The summed E-state index contributed by atoms with van der Waals surface area (Å²) in [7, 11) is 0. The number of hydrogen-bond acceptors (Lipinski definition) is 4. The van der Waals surface area contributed by atoms with Gasteiger partial charge in [-0.3, -0.25) is 4.79 Å². The van der Waals surface area contributed by atoms with E-state index in [1.54, 1.807) is 18.2 Å². The van der Waals surface area contributed by atoms with Gasteiger partial charge in [0, 0.05) is 5.02 Å². The molecule has 0 heterocycles. The van der Waals surface area contributed by atoms with Crippen LogP contribution in [0.3, 0.4) is 0 Å². The molecule has 1 N–H and O–H groups in total. The molecule has 0 radical (unpaired) electrons. The van der Waals surface area contributed by atoms with Crippen LogP contribution in [0.25, 0.3) is 0 Å². The largest absolute Gasteiger partial charge is 0.482 e. The van der Waals surface area contributed by atoms with E-state index in [1.807, 2.05) is 26.0 Å². The van der Waals surface area contributed by atoms with Gasteiger partial charge in [-0.15, -0.1) is 0 Å². The molecule has 0 spiro atoms. The SMILES string of the molecule is Cc1cccc(OCC(=O)O[C@@H](C)C(=O)Nc2cc(Cl)ccc2Cl)c1C. The second-order valence-electron chi connectivity index (χ2n) is 5.73. The van der Waals surface area contributed by atoms with Gasteiger partial charge in [0.1, 0.15) is 5.75 Å². The summed E-state index contributed by atoms with van der Waals surface area (Å²) in [6.45, 7) is 5.03. The maximum absolute atomic E-state index is 12.2. The van der Waals surface area contributed by atoms with Gasteiger partial charge in [-0.1, -0.05) is 35.3 Å². The van der Waals surface area contributed by atoms with Crippen LogP contribution in [0, 0.1) is 13.8 Å². The Morgan fingerprint density at radius 3 is 2.62 bits per heavy atom. The number of amides is 1. The topological polar surface area (TPSA) is 64.6 Å².